The van der Waals surface area contributed by atoms with E-state index in [-0.39, 0.29) is 0 Å². The minimum atomic E-state index is -0.527. The molecule has 0 saturated heterocycles. The van der Waals surface area contributed by atoms with Gasteiger partial charge in [-0.15, -0.1) is 0 Å². The summed E-state index contributed by atoms with van der Waals surface area (Å²) >= 11 is 0. The van der Waals surface area contributed by atoms with Crippen LogP contribution in [0.25, 0.3) is 76.9 Å². The Hall–Kier alpha value is -7.10. The molecule has 56 heavy (non-hydrogen) atoms. The molecule has 3 aliphatic rings. The van der Waals surface area contributed by atoms with E-state index in [1.54, 1.807) is 0 Å². The van der Waals surface area contributed by atoms with Crippen molar-refractivity contribution in [3.63, 3.8) is 0 Å². The number of ether oxygens (including phenoxy) is 1. The molecule has 0 amide bonds. The van der Waals surface area contributed by atoms with E-state index in [0.29, 0.717) is 0 Å². The van der Waals surface area contributed by atoms with E-state index >= 15 is 0 Å². The number of nitrogens with zero attached hydrogens (tertiary/aromatic N) is 2. The highest BCUT2D eigenvalue weighted by molar-refractivity contribution is 6.13. The molecule has 10 aromatic rings. The molecule has 0 N–H and O–H groups in total. The van der Waals surface area contributed by atoms with Crippen LogP contribution in [0.2, 0.25) is 0 Å². The predicted octanol–water partition coefficient (Wildman–Crippen LogP) is 13.3. The van der Waals surface area contributed by atoms with Gasteiger partial charge < -0.3 is 13.9 Å². The quantitative estimate of drug-likeness (QED) is 0.174. The zero-order valence-corrected chi connectivity index (χ0v) is 30.5. The number of hydrogen-bond acceptors (Lipinski definition) is 1. The van der Waals surface area contributed by atoms with Gasteiger partial charge in [-0.05, 0) is 94.4 Å². The first kappa shape index (κ1) is 30.3. The lowest BCUT2D eigenvalue weighted by atomic mass is 9.59. The van der Waals surface area contributed by atoms with Crippen LogP contribution in [0.5, 0.6) is 5.75 Å². The number of para-hydroxylation sites is 5. The summed E-state index contributed by atoms with van der Waals surface area (Å²) in [6.07, 6.45) is 6.42. The minimum absolute atomic E-state index is 0.527. The second kappa shape index (κ2) is 11.0. The molecule has 262 valence electrons. The van der Waals surface area contributed by atoms with E-state index in [1.165, 1.54) is 82.3 Å². The lowest BCUT2D eigenvalue weighted by Crippen LogP contribution is -2.40. The molecule has 8 aromatic carbocycles. The standard InChI is InChI=1S/C53H34N2O/c1-2-14-34-31-36(29-27-33(34)13-1)54-46-23-7-4-16-39(46)41-32-35(28-30-48(41)54)37-17-11-22-45-52(37)56-50-26-10-6-20-43(50)53(45)42-19-5-9-25-49(42)55-47-24-8-3-15-38(47)40-18-12-21-44(53)51(40)55/h1-5,7-19,21-32H,6,20H2. The van der Waals surface area contributed by atoms with Crippen LogP contribution < -0.4 is 4.74 Å². The summed E-state index contributed by atoms with van der Waals surface area (Å²) in [5.74, 6) is 1.91. The second-order valence-corrected chi connectivity index (χ2v) is 15.5. The van der Waals surface area contributed by atoms with E-state index in [0.717, 1.165) is 41.2 Å². The molecule has 1 atom stereocenters. The van der Waals surface area contributed by atoms with Crippen LogP contribution in [0.4, 0.5) is 0 Å². The average molecular weight is 715 g/mol. The first-order valence-corrected chi connectivity index (χ1v) is 19.7. The summed E-state index contributed by atoms with van der Waals surface area (Å²) < 4.78 is 12.1. The maximum Gasteiger partial charge on any atom is 0.140 e. The summed E-state index contributed by atoms with van der Waals surface area (Å²) in [5.41, 5.74) is 14.2. The van der Waals surface area contributed by atoms with Crippen molar-refractivity contribution >= 4 is 54.4 Å². The molecule has 2 aliphatic heterocycles. The van der Waals surface area contributed by atoms with E-state index in [2.05, 4.69) is 191 Å². The van der Waals surface area contributed by atoms with Gasteiger partial charge in [0.15, 0.2) is 0 Å². The molecular weight excluding hydrogens is 681 g/mol. The molecule has 1 unspecified atom stereocenters. The summed E-state index contributed by atoms with van der Waals surface area (Å²) in [7, 11) is 0. The highest BCUT2D eigenvalue weighted by Gasteiger charge is 2.51. The van der Waals surface area contributed by atoms with E-state index < -0.39 is 5.41 Å². The van der Waals surface area contributed by atoms with Gasteiger partial charge in [0.25, 0.3) is 0 Å². The predicted molar refractivity (Wildman–Crippen MR) is 230 cm³/mol. The van der Waals surface area contributed by atoms with E-state index in [9.17, 15) is 0 Å². The molecular formula is C53H34N2O. The molecule has 0 saturated carbocycles. The van der Waals surface area contributed by atoms with Crippen molar-refractivity contribution in [3.8, 4) is 28.3 Å². The Morgan fingerprint density at radius 3 is 2.11 bits per heavy atom. The highest BCUT2D eigenvalue weighted by Crippen LogP contribution is 2.61. The van der Waals surface area contributed by atoms with Crippen molar-refractivity contribution in [1.82, 2.24) is 9.13 Å². The SMILES string of the molecule is C1=CC2=C(CC1)C1(c3ccccc3-n3c4ccccc4c4cccc1c43)c1cccc(-c3ccc4c(c3)c3ccccc3n4-c3ccc4ccccc4c3)c1O2. The lowest BCUT2D eigenvalue weighted by molar-refractivity contribution is 0.388. The van der Waals surface area contributed by atoms with Crippen molar-refractivity contribution in [1.29, 1.82) is 0 Å². The summed E-state index contributed by atoms with van der Waals surface area (Å²) in [5, 5.41) is 7.52. The monoisotopic (exact) mass is 714 g/mol. The molecule has 3 heteroatoms. The smallest absolute Gasteiger partial charge is 0.140 e. The molecule has 2 aromatic heterocycles. The second-order valence-electron chi connectivity index (χ2n) is 15.5. The van der Waals surface area contributed by atoms with Crippen molar-refractivity contribution in [2.45, 2.75) is 18.3 Å². The molecule has 0 fully saturated rings. The average Bonchev–Trinajstić information content (AvgIpc) is 3.78. The number of fused-ring (bicyclic) bond motifs is 14. The number of benzene rings is 8. The van der Waals surface area contributed by atoms with Crippen molar-refractivity contribution in [2.75, 3.05) is 0 Å². The van der Waals surface area contributed by atoms with Gasteiger partial charge in [-0.3, -0.25) is 0 Å². The van der Waals surface area contributed by atoms with Gasteiger partial charge in [0.1, 0.15) is 11.5 Å². The maximum atomic E-state index is 7.20. The number of aromatic nitrogens is 2. The summed E-state index contributed by atoms with van der Waals surface area (Å²) in [6.45, 7) is 0. The van der Waals surface area contributed by atoms with Gasteiger partial charge in [0.05, 0.1) is 33.2 Å². The van der Waals surface area contributed by atoms with Crippen LogP contribution in [0.1, 0.15) is 29.5 Å². The van der Waals surface area contributed by atoms with Gasteiger partial charge in [0, 0.05) is 38.4 Å². The number of allylic oxidation sites excluding steroid dienone is 3. The molecule has 4 heterocycles. The van der Waals surface area contributed by atoms with Gasteiger partial charge in [-0.2, -0.15) is 0 Å². The summed E-state index contributed by atoms with van der Waals surface area (Å²) in [4.78, 5) is 0. The molecule has 0 bridgehead atoms. The van der Waals surface area contributed by atoms with Gasteiger partial charge in [-0.1, -0.05) is 133 Å². The fraction of sp³-hybridized carbons (Fsp3) is 0.0566. The van der Waals surface area contributed by atoms with Gasteiger partial charge in [0.2, 0.25) is 0 Å². The third-order valence-corrected chi connectivity index (χ3v) is 12.8. The molecule has 0 radical (unpaired) electrons. The van der Waals surface area contributed by atoms with Crippen LogP contribution in [0.3, 0.4) is 0 Å². The Kier molecular flexibility index (Phi) is 5.94. The van der Waals surface area contributed by atoms with E-state index in [4.69, 9.17) is 4.74 Å². The zero-order chi connectivity index (χ0) is 36.5. The zero-order valence-electron chi connectivity index (χ0n) is 30.5. The normalized spacial score (nSPS) is 16.9. The Morgan fingerprint density at radius 1 is 0.500 bits per heavy atom. The third-order valence-electron chi connectivity index (χ3n) is 12.8. The van der Waals surface area contributed by atoms with Crippen LogP contribution in [-0.4, -0.2) is 9.13 Å². The largest absolute Gasteiger partial charge is 0.456 e. The topological polar surface area (TPSA) is 19.1 Å². The van der Waals surface area contributed by atoms with Crippen molar-refractivity contribution in [3.05, 3.63) is 210 Å². The minimum Gasteiger partial charge on any atom is -0.456 e. The maximum absolute atomic E-state index is 7.20. The first-order valence-electron chi connectivity index (χ1n) is 19.7. The highest BCUT2D eigenvalue weighted by atomic mass is 16.5. The van der Waals surface area contributed by atoms with Crippen LogP contribution in [0.15, 0.2) is 193 Å². The lowest BCUT2D eigenvalue weighted by Gasteiger charge is -2.47. The number of rotatable bonds is 2. The van der Waals surface area contributed by atoms with Crippen molar-refractivity contribution < 1.29 is 4.74 Å². The van der Waals surface area contributed by atoms with Gasteiger partial charge in [-0.25, -0.2) is 0 Å². The summed E-state index contributed by atoms with van der Waals surface area (Å²) in [6, 6.07) is 62.9. The fourth-order valence-electron chi connectivity index (χ4n) is 10.6. The Morgan fingerprint density at radius 2 is 1.20 bits per heavy atom. The molecule has 1 spiro atoms. The van der Waals surface area contributed by atoms with Crippen LogP contribution in [-0.2, 0) is 5.41 Å². The Bertz CT molecular complexity index is 3410. The van der Waals surface area contributed by atoms with Crippen molar-refractivity contribution in [2.24, 2.45) is 0 Å². The van der Waals surface area contributed by atoms with Gasteiger partial charge >= 0.3 is 0 Å². The molecule has 13 rings (SSSR count). The third kappa shape index (κ3) is 3.77. The molecule has 3 nitrogen and oxygen atoms in total. The van der Waals surface area contributed by atoms with Crippen LogP contribution >= 0.6 is 0 Å². The Balaban J connectivity index is 1.09. The van der Waals surface area contributed by atoms with Crippen LogP contribution in [0, 0.1) is 0 Å². The first-order chi connectivity index (χ1) is 27.8. The Labute approximate surface area is 323 Å². The van der Waals surface area contributed by atoms with E-state index in [1.807, 2.05) is 0 Å². The molecule has 1 aliphatic carbocycles. The fourth-order valence-corrected chi connectivity index (χ4v) is 10.6. The number of hydrogen-bond donors (Lipinski definition) is 0.